The molecule has 4 rings (SSSR count). The molecule has 2 aromatic carbocycles. The summed E-state index contributed by atoms with van der Waals surface area (Å²) in [5, 5.41) is 18.9. The van der Waals surface area contributed by atoms with E-state index < -0.39 is 0 Å². The third-order valence-electron chi connectivity index (χ3n) is 5.85. The number of halogens is 1. The highest BCUT2D eigenvalue weighted by Crippen LogP contribution is 2.36. The number of benzene rings is 2. The normalized spacial score (nSPS) is 14.1. The first kappa shape index (κ1) is 23.5. The first-order valence-corrected chi connectivity index (χ1v) is 13.0. The number of carbonyl (C=O) groups is 1. The molecule has 0 N–H and O–H groups in total. The lowest BCUT2D eigenvalue weighted by molar-refractivity contribution is -0.116. The van der Waals surface area contributed by atoms with Crippen LogP contribution in [-0.4, -0.2) is 33.0 Å². The molecular weight excluding hydrogens is 498 g/mol. The Morgan fingerprint density at radius 1 is 1.09 bits per heavy atom. The van der Waals surface area contributed by atoms with Crippen LogP contribution in [0.2, 0.25) is 0 Å². The van der Waals surface area contributed by atoms with Gasteiger partial charge < -0.3 is 4.90 Å². The van der Waals surface area contributed by atoms with Gasteiger partial charge in [0.15, 0.2) is 11.0 Å². The number of carbonyl (C=O) groups excluding carboxylic acids is 1. The van der Waals surface area contributed by atoms with E-state index in [2.05, 4.69) is 36.8 Å². The van der Waals surface area contributed by atoms with Crippen molar-refractivity contribution in [2.45, 2.75) is 49.7 Å². The van der Waals surface area contributed by atoms with Crippen molar-refractivity contribution >= 4 is 39.3 Å². The Morgan fingerprint density at radius 2 is 1.82 bits per heavy atom. The van der Waals surface area contributed by atoms with Crippen LogP contribution < -0.4 is 4.90 Å². The fraction of sp³-hybridized carbons (Fsp3) is 0.360. The Bertz CT molecular complexity index is 1100. The molecule has 0 atom stereocenters. The van der Waals surface area contributed by atoms with Crippen molar-refractivity contribution in [3.8, 4) is 17.5 Å². The van der Waals surface area contributed by atoms with E-state index in [1.165, 1.54) is 31.0 Å². The van der Waals surface area contributed by atoms with Gasteiger partial charge in [0.25, 0.3) is 0 Å². The summed E-state index contributed by atoms with van der Waals surface area (Å²) in [5.74, 6) is 1.06. The van der Waals surface area contributed by atoms with Gasteiger partial charge in [-0.05, 0) is 37.1 Å². The first-order valence-electron chi connectivity index (χ1n) is 11.2. The Kier molecular flexibility index (Phi) is 8.19. The minimum atomic E-state index is -0.0372. The monoisotopic (exact) mass is 523 g/mol. The first-order chi connectivity index (χ1) is 16.2. The van der Waals surface area contributed by atoms with E-state index in [1.54, 1.807) is 4.90 Å². The second kappa shape index (κ2) is 11.5. The lowest BCUT2D eigenvalue weighted by Gasteiger charge is -2.26. The zero-order chi connectivity index (χ0) is 23.0. The summed E-state index contributed by atoms with van der Waals surface area (Å²) in [7, 11) is 0. The van der Waals surface area contributed by atoms with Crippen molar-refractivity contribution < 1.29 is 4.79 Å². The smallest absolute Gasteiger partial charge is 0.237 e. The van der Waals surface area contributed by atoms with Crippen LogP contribution in [0.3, 0.4) is 0 Å². The minimum absolute atomic E-state index is 0.0372. The number of anilines is 1. The molecule has 8 heteroatoms. The summed E-state index contributed by atoms with van der Waals surface area (Å²) in [6, 6.07) is 20.1. The van der Waals surface area contributed by atoms with Crippen LogP contribution in [0.25, 0.3) is 11.4 Å². The molecular formula is C25H26BrN5OS. The molecule has 3 aromatic rings. The SMILES string of the molecule is N#CCCN(C(=O)CSc1nnc(-c2ccc(Br)cc2)n1C1CCCCC1)c1ccccc1. The van der Waals surface area contributed by atoms with Crippen molar-refractivity contribution in [2.24, 2.45) is 0 Å². The van der Waals surface area contributed by atoms with E-state index in [-0.39, 0.29) is 18.1 Å². The standard InChI is InChI=1S/C25H26BrN5OS/c26-20-14-12-19(13-15-20)24-28-29-25(31(24)22-10-5-2-6-11-22)33-18-23(32)30(17-7-16-27)21-8-3-1-4-9-21/h1,3-4,8-9,12-15,22H,2,5-7,10-11,17-18H2. The molecule has 1 aliphatic carbocycles. The average molecular weight is 524 g/mol. The second-order valence-corrected chi connectivity index (χ2v) is 9.91. The summed E-state index contributed by atoms with van der Waals surface area (Å²) in [6.07, 6.45) is 6.14. The minimum Gasteiger partial charge on any atom is -0.311 e. The molecule has 0 aliphatic heterocycles. The lowest BCUT2D eigenvalue weighted by Crippen LogP contribution is -2.33. The van der Waals surface area contributed by atoms with Gasteiger partial charge in [-0.1, -0.05) is 77.3 Å². The molecule has 1 amide bonds. The van der Waals surface area contributed by atoms with Gasteiger partial charge in [-0.3, -0.25) is 9.36 Å². The number of aromatic nitrogens is 3. The van der Waals surface area contributed by atoms with Crippen LogP contribution in [-0.2, 0) is 4.79 Å². The van der Waals surface area contributed by atoms with Gasteiger partial charge >= 0.3 is 0 Å². The molecule has 1 heterocycles. The molecule has 1 aliphatic rings. The van der Waals surface area contributed by atoms with E-state index in [9.17, 15) is 4.79 Å². The molecule has 0 bridgehead atoms. The number of hydrogen-bond acceptors (Lipinski definition) is 5. The predicted molar refractivity (Wildman–Crippen MR) is 135 cm³/mol. The van der Waals surface area contributed by atoms with Crippen LogP contribution in [0.1, 0.15) is 44.6 Å². The highest BCUT2D eigenvalue weighted by atomic mass is 79.9. The van der Waals surface area contributed by atoms with Gasteiger partial charge in [-0.2, -0.15) is 5.26 Å². The summed E-state index contributed by atoms with van der Waals surface area (Å²) in [6.45, 7) is 0.374. The Balaban J connectivity index is 1.57. The maximum Gasteiger partial charge on any atom is 0.237 e. The van der Waals surface area contributed by atoms with Gasteiger partial charge in [0.1, 0.15) is 0 Å². The Morgan fingerprint density at radius 3 is 2.52 bits per heavy atom. The number of thioether (sulfide) groups is 1. The molecule has 6 nitrogen and oxygen atoms in total. The number of para-hydroxylation sites is 1. The van der Waals surface area contributed by atoms with Crippen LogP contribution >= 0.6 is 27.7 Å². The quantitative estimate of drug-likeness (QED) is 0.326. The molecule has 0 spiro atoms. The molecule has 1 fully saturated rings. The fourth-order valence-electron chi connectivity index (χ4n) is 4.21. The largest absolute Gasteiger partial charge is 0.311 e. The third-order valence-corrected chi connectivity index (χ3v) is 7.30. The number of rotatable bonds is 8. The highest BCUT2D eigenvalue weighted by molar-refractivity contribution is 9.10. The molecule has 0 radical (unpaired) electrons. The van der Waals surface area contributed by atoms with Crippen molar-refractivity contribution in [1.29, 1.82) is 5.26 Å². The number of hydrogen-bond donors (Lipinski definition) is 0. The zero-order valence-corrected chi connectivity index (χ0v) is 20.8. The lowest BCUT2D eigenvalue weighted by atomic mass is 9.95. The van der Waals surface area contributed by atoms with Crippen LogP contribution in [0, 0.1) is 11.3 Å². The fourth-order valence-corrected chi connectivity index (χ4v) is 5.36. The number of nitriles is 1. The topological polar surface area (TPSA) is 74.8 Å². The van der Waals surface area contributed by atoms with Crippen molar-refractivity contribution in [1.82, 2.24) is 14.8 Å². The maximum absolute atomic E-state index is 13.2. The zero-order valence-electron chi connectivity index (χ0n) is 18.4. The summed E-state index contributed by atoms with van der Waals surface area (Å²) in [4.78, 5) is 14.8. The Labute approximate surface area is 207 Å². The van der Waals surface area contributed by atoms with Crippen molar-refractivity contribution in [3.63, 3.8) is 0 Å². The van der Waals surface area contributed by atoms with Crippen molar-refractivity contribution in [3.05, 3.63) is 59.1 Å². The predicted octanol–water partition coefficient (Wildman–Crippen LogP) is 6.25. The molecule has 0 saturated heterocycles. The van der Waals surface area contributed by atoms with E-state index in [0.29, 0.717) is 12.6 Å². The number of nitrogens with zero attached hydrogens (tertiary/aromatic N) is 5. The Hall–Kier alpha value is -2.63. The van der Waals surface area contributed by atoms with Crippen molar-refractivity contribution in [2.75, 3.05) is 17.2 Å². The molecule has 0 unspecified atom stereocenters. The third kappa shape index (κ3) is 5.84. The summed E-state index contributed by atoms with van der Waals surface area (Å²) in [5.41, 5.74) is 1.83. The number of amides is 1. The van der Waals surface area contributed by atoms with E-state index in [4.69, 9.17) is 5.26 Å². The summed E-state index contributed by atoms with van der Waals surface area (Å²) < 4.78 is 3.26. The van der Waals surface area contributed by atoms with E-state index >= 15 is 0 Å². The molecule has 33 heavy (non-hydrogen) atoms. The van der Waals surface area contributed by atoms with Gasteiger partial charge in [-0.25, -0.2) is 0 Å². The second-order valence-electron chi connectivity index (χ2n) is 8.05. The summed E-state index contributed by atoms with van der Waals surface area (Å²) >= 11 is 4.93. The van der Waals surface area contributed by atoms with Gasteiger partial charge in [0.05, 0.1) is 18.2 Å². The maximum atomic E-state index is 13.2. The van der Waals surface area contributed by atoms with E-state index in [1.807, 2.05) is 54.6 Å². The average Bonchev–Trinajstić information content (AvgIpc) is 3.28. The molecule has 170 valence electrons. The van der Waals surface area contributed by atoms with Gasteiger partial charge in [-0.15, -0.1) is 10.2 Å². The van der Waals surface area contributed by atoms with E-state index in [0.717, 1.165) is 39.5 Å². The molecule has 1 saturated carbocycles. The highest BCUT2D eigenvalue weighted by Gasteiger charge is 2.25. The van der Waals surface area contributed by atoms with Crippen LogP contribution in [0.15, 0.2) is 64.2 Å². The molecule has 1 aromatic heterocycles. The van der Waals surface area contributed by atoms with Gasteiger partial charge in [0, 0.05) is 28.3 Å². The van der Waals surface area contributed by atoms with Gasteiger partial charge in [0.2, 0.25) is 5.91 Å². The van der Waals surface area contributed by atoms with Crippen LogP contribution in [0.5, 0.6) is 0 Å². The van der Waals surface area contributed by atoms with Crippen LogP contribution in [0.4, 0.5) is 5.69 Å².